The Bertz CT molecular complexity index is 432. The van der Waals surface area contributed by atoms with E-state index in [2.05, 4.69) is 15.9 Å². The smallest absolute Gasteiger partial charge is 0.334 e. The number of esters is 1. The standard InChI is InChI=1S/C13H15BrO3S/c1-3-16-13(15)8-10(9-14)17-11-6-4-5-7-12(11)18-2/h4-8H,3,9H2,1-2H3. The Kier molecular flexibility index (Phi) is 6.90. The normalized spacial score (nSPS) is 11.2. The predicted molar refractivity (Wildman–Crippen MR) is 77.4 cm³/mol. The van der Waals surface area contributed by atoms with Crippen LogP contribution in [0.25, 0.3) is 0 Å². The van der Waals surface area contributed by atoms with Crippen molar-refractivity contribution in [3.05, 3.63) is 36.1 Å². The summed E-state index contributed by atoms with van der Waals surface area (Å²) in [5.74, 6) is 0.864. The van der Waals surface area contributed by atoms with Gasteiger partial charge in [-0.05, 0) is 25.3 Å². The molecular weight excluding hydrogens is 316 g/mol. The molecule has 0 heterocycles. The van der Waals surface area contributed by atoms with Crippen LogP contribution in [0.15, 0.2) is 41.0 Å². The number of alkyl halides is 1. The maximum Gasteiger partial charge on any atom is 0.334 e. The van der Waals surface area contributed by atoms with Gasteiger partial charge in [0.2, 0.25) is 0 Å². The lowest BCUT2D eigenvalue weighted by molar-refractivity contribution is -0.137. The van der Waals surface area contributed by atoms with Gasteiger partial charge in [-0.2, -0.15) is 0 Å². The van der Waals surface area contributed by atoms with Gasteiger partial charge in [0.1, 0.15) is 11.5 Å². The fourth-order valence-electron chi connectivity index (χ4n) is 1.26. The number of para-hydroxylation sites is 1. The van der Waals surface area contributed by atoms with Crippen LogP contribution >= 0.6 is 27.7 Å². The van der Waals surface area contributed by atoms with Gasteiger partial charge in [-0.1, -0.05) is 28.1 Å². The van der Waals surface area contributed by atoms with Crippen LogP contribution in [-0.4, -0.2) is 24.2 Å². The summed E-state index contributed by atoms with van der Waals surface area (Å²) in [6, 6.07) is 7.68. The second-order valence-electron chi connectivity index (χ2n) is 3.25. The molecule has 0 saturated carbocycles. The summed E-state index contributed by atoms with van der Waals surface area (Å²) in [6.07, 6.45) is 3.33. The summed E-state index contributed by atoms with van der Waals surface area (Å²) in [5, 5.41) is 0.453. The van der Waals surface area contributed by atoms with Crippen LogP contribution in [-0.2, 0) is 9.53 Å². The number of benzene rings is 1. The zero-order chi connectivity index (χ0) is 13.4. The van der Waals surface area contributed by atoms with Crippen LogP contribution in [0.3, 0.4) is 0 Å². The molecule has 0 N–H and O–H groups in total. The van der Waals surface area contributed by atoms with Gasteiger partial charge >= 0.3 is 5.97 Å². The van der Waals surface area contributed by atoms with Gasteiger partial charge in [0.25, 0.3) is 0 Å². The highest BCUT2D eigenvalue weighted by atomic mass is 79.9. The van der Waals surface area contributed by atoms with Crippen LogP contribution in [0, 0.1) is 0 Å². The number of carbonyl (C=O) groups is 1. The SMILES string of the molecule is CCOC(=O)C=C(CBr)Oc1ccccc1SC. The number of thioether (sulfide) groups is 1. The van der Waals surface area contributed by atoms with E-state index < -0.39 is 5.97 Å². The summed E-state index contributed by atoms with van der Waals surface area (Å²) in [6.45, 7) is 2.12. The van der Waals surface area contributed by atoms with Crippen LogP contribution in [0.5, 0.6) is 5.75 Å². The van der Waals surface area contributed by atoms with Crippen LogP contribution in [0.1, 0.15) is 6.92 Å². The molecule has 1 aromatic rings. The van der Waals surface area contributed by atoms with Gasteiger partial charge in [0.15, 0.2) is 0 Å². The highest BCUT2D eigenvalue weighted by molar-refractivity contribution is 9.09. The number of carbonyl (C=O) groups excluding carboxylic acids is 1. The van der Waals surface area contributed by atoms with E-state index in [-0.39, 0.29) is 0 Å². The molecule has 0 bridgehead atoms. The fourth-order valence-corrected chi connectivity index (χ4v) is 2.06. The number of ether oxygens (including phenoxy) is 2. The van der Waals surface area contributed by atoms with Crippen molar-refractivity contribution in [3.8, 4) is 5.75 Å². The average molecular weight is 331 g/mol. The first-order valence-corrected chi connectivity index (χ1v) is 7.80. The van der Waals surface area contributed by atoms with Crippen molar-refractivity contribution in [1.82, 2.24) is 0 Å². The first kappa shape index (κ1) is 15.1. The van der Waals surface area contributed by atoms with Crippen molar-refractivity contribution < 1.29 is 14.3 Å². The number of hydrogen-bond acceptors (Lipinski definition) is 4. The molecule has 1 rings (SSSR count). The van der Waals surface area contributed by atoms with Crippen molar-refractivity contribution in [1.29, 1.82) is 0 Å². The number of hydrogen-bond donors (Lipinski definition) is 0. The van der Waals surface area contributed by atoms with E-state index in [0.29, 0.717) is 17.7 Å². The topological polar surface area (TPSA) is 35.5 Å². The number of allylic oxidation sites excluding steroid dienone is 1. The molecule has 0 saturated heterocycles. The van der Waals surface area contributed by atoms with Crippen molar-refractivity contribution >= 4 is 33.7 Å². The molecule has 1 aromatic carbocycles. The van der Waals surface area contributed by atoms with Gasteiger partial charge in [-0.3, -0.25) is 0 Å². The zero-order valence-corrected chi connectivity index (χ0v) is 12.7. The van der Waals surface area contributed by atoms with Crippen LogP contribution < -0.4 is 4.74 Å². The number of rotatable bonds is 6. The van der Waals surface area contributed by atoms with Crippen molar-refractivity contribution in [3.63, 3.8) is 0 Å². The average Bonchev–Trinajstić information content (AvgIpc) is 2.38. The Balaban J connectivity index is 2.82. The van der Waals surface area contributed by atoms with Gasteiger partial charge in [0.05, 0.1) is 18.0 Å². The highest BCUT2D eigenvalue weighted by Gasteiger charge is 2.07. The zero-order valence-electron chi connectivity index (χ0n) is 10.3. The quantitative estimate of drug-likeness (QED) is 0.262. The molecule has 0 amide bonds. The van der Waals surface area contributed by atoms with Crippen LogP contribution in [0.2, 0.25) is 0 Å². The Hall–Kier alpha value is -0.940. The minimum absolute atomic E-state index is 0.353. The van der Waals surface area contributed by atoms with E-state index in [1.54, 1.807) is 18.7 Å². The molecular formula is C13H15BrO3S. The maximum atomic E-state index is 11.4. The molecule has 0 radical (unpaired) electrons. The molecule has 0 aliphatic rings. The van der Waals surface area contributed by atoms with Crippen molar-refractivity contribution in [2.24, 2.45) is 0 Å². The lowest BCUT2D eigenvalue weighted by atomic mass is 10.3. The highest BCUT2D eigenvalue weighted by Crippen LogP contribution is 2.28. The first-order valence-electron chi connectivity index (χ1n) is 5.45. The molecule has 0 aliphatic carbocycles. The molecule has 3 nitrogen and oxygen atoms in total. The predicted octanol–water partition coefficient (Wildman–Crippen LogP) is 3.63. The first-order chi connectivity index (χ1) is 8.71. The van der Waals surface area contributed by atoms with E-state index in [0.717, 1.165) is 10.6 Å². The largest absolute Gasteiger partial charge is 0.463 e. The van der Waals surface area contributed by atoms with E-state index in [1.165, 1.54) is 6.08 Å². The minimum Gasteiger partial charge on any atom is -0.463 e. The summed E-state index contributed by atoms with van der Waals surface area (Å²) in [5.41, 5.74) is 0. The molecule has 98 valence electrons. The molecule has 0 aliphatic heterocycles. The fraction of sp³-hybridized carbons (Fsp3) is 0.308. The molecule has 0 atom stereocenters. The summed E-state index contributed by atoms with van der Waals surface area (Å²) in [7, 11) is 0. The molecule has 0 aromatic heterocycles. The Labute approximate surface area is 120 Å². The second kappa shape index (κ2) is 8.21. The maximum absolute atomic E-state index is 11.4. The minimum atomic E-state index is -0.395. The molecule has 0 fully saturated rings. The van der Waals surface area contributed by atoms with Gasteiger partial charge in [-0.15, -0.1) is 11.8 Å². The summed E-state index contributed by atoms with van der Waals surface area (Å²) >= 11 is 4.88. The number of halogens is 1. The Morgan fingerprint density at radius 3 is 2.78 bits per heavy atom. The van der Waals surface area contributed by atoms with E-state index in [9.17, 15) is 4.79 Å². The second-order valence-corrected chi connectivity index (χ2v) is 4.66. The van der Waals surface area contributed by atoms with E-state index >= 15 is 0 Å². The van der Waals surface area contributed by atoms with Gasteiger partial charge in [-0.25, -0.2) is 4.79 Å². The van der Waals surface area contributed by atoms with Crippen molar-refractivity contribution in [2.45, 2.75) is 11.8 Å². The molecule has 5 heteroatoms. The van der Waals surface area contributed by atoms with Crippen LogP contribution in [0.4, 0.5) is 0 Å². The molecule has 0 unspecified atom stereocenters. The molecule has 0 spiro atoms. The van der Waals surface area contributed by atoms with E-state index in [1.807, 2.05) is 30.5 Å². The third-order valence-corrected chi connectivity index (χ3v) is 3.34. The van der Waals surface area contributed by atoms with Gasteiger partial charge in [0, 0.05) is 4.90 Å². The lowest BCUT2D eigenvalue weighted by Gasteiger charge is -2.10. The van der Waals surface area contributed by atoms with E-state index in [4.69, 9.17) is 9.47 Å². The Morgan fingerprint density at radius 1 is 1.44 bits per heavy atom. The summed E-state index contributed by atoms with van der Waals surface area (Å²) in [4.78, 5) is 12.4. The molecule has 18 heavy (non-hydrogen) atoms. The van der Waals surface area contributed by atoms with Gasteiger partial charge < -0.3 is 9.47 Å². The third-order valence-electron chi connectivity index (χ3n) is 2.01. The third kappa shape index (κ3) is 4.74. The van der Waals surface area contributed by atoms with Crippen molar-refractivity contribution in [2.75, 3.05) is 18.2 Å². The monoisotopic (exact) mass is 330 g/mol. The lowest BCUT2D eigenvalue weighted by Crippen LogP contribution is -2.05. The summed E-state index contributed by atoms with van der Waals surface area (Å²) < 4.78 is 10.5. The Morgan fingerprint density at radius 2 is 2.17 bits per heavy atom.